The molecule has 0 aliphatic carbocycles. The van der Waals surface area contributed by atoms with Gasteiger partial charge in [0.2, 0.25) is 0 Å². The van der Waals surface area contributed by atoms with E-state index in [0.717, 1.165) is 16.5 Å². The predicted molar refractivity (Wildman–Crippen MR) is 37.9 cm³/mol. The Balaban J connectivity index is 2.68. The Hall–Kier alpha value is 0.503. The SMILES string of the molecule is CN(C)CC[CH2][GeH3]. The molecule has 0 spiro atoms. The summed E-state index contributed by atoms with van der Waals surface area (Å²) in [4.78, 5) is 2.24. The fourth-order valence-electron chi connectivity index (χ4n) is 0.474. The second-order valence-electron chi connectivity index (χ2n) is 2.16. The summed E-state index contributed by atoms with van der Waals surface area (Å²) < 4.78 is 0. The summed E-state index contributed by atoms with van der Waals surface area (Å²) in [7, 11) is 4.26. The molecule has 0 saturated carbocycles. The maximum atomic E-state index is 2.24. The Morgan fingerprint density at radius 3 is 2.14 bits per heavy atom. The molecule has 0 fully saturated rings. The summed E-state index contributed by atoms with van der Waals surface area (Å²) in [6.45, 7) is 1.28. The Morgan fingerprint density at radius 1 is 1.43 bits per heavy atom. The van der Waals surface area contributed by atoms with Crippen molar-refractivity contribution in [2.24, 2.45) is 0 Å². The molecular formula is C5H15GeN. The van der Waals surface area contributed by atoms with Gasteiger partial charge >= 0.3 is 53.7 Å². The molecule has 0 N–H and O–H groups in total. The molecule has 44 valence electrons. The zero-order valence-corrected chi connectivity index (χ0v) is 9.76. The Morgan fingerprint density at radius 2 is 2.00 bits per heavy atom. The molecule has 0 aromatic heterocycles. The van der Waals surface area contributed by atoms with Crippen LogP contribution in [0.1, 0.15) is 6.42 Å². The van der Waals surface area contributed by atoms with Gasteiger partial charge in [0, 0.05) is 0 Å². The number of hydrogen-bond acceptors (Lipinski definition) is 1. The second-order valence-corrected chi connectivity index (χ2v) is 4.25. The zero-order valence-electron chi connectivity index (χ0n) is 5.57. The standard InChI is InChI=1S/C5H15GeN/c1-7(2)5-3-4-6/h3-5H2,1-2,6H3. The van der Waals surface area contributed by atoms with Crippen LogP contribution in [0.15, 0.2) is 0 Å². The molecule has 0 saturated heterocycles. The monoisotopic (exact) mass is 163 g/mol. The van der Waals surface area contributed by atoms with E-state index in [1.807, 2.05) is 0 Å². The van der Waals surface area contributed by atoms with Gasteiger partial charge in [0.1, 0.15) is 0 Å². The van der Waals surface area contributed by atoms with E-state index in [0.29, 0.717) is 0 Å². The first-order valence-electron chi connectivity index (χ1n) is 2.92. The molecule has 1 nitrogen and oxygen atoms in total. The van der Waals surface area contributed by atoms with Gasteiger partial charge in [-0.3, -0.25) is 0 Å². The molecule has 0 rings (SSSR count). The van der Waals surface area contributed by atoms with E-state index < -0.39 is 0 Å². The van der Waals surface area contributed by atoms with Gasteiger partial charge < -0.3 is 0 Å². The molecule has 2 heteroatoms. The molecule has 0 atom stereocenters. The van der Waals surface area contributed by atoms with E-state index in [9.17, 15) is 0 Å². The van der Waals surface area contributed by atoms with Gasteiger partial charge in [-0.05, 0) is 0 Å². The normalized spacial score (nSPS) is 10.7. The van der Waals surface area contributed by atoms with Crippen LogP contribution in [0.3, 0.4) is 0 Å². The Kier molecular flexibility index (Phi) is 4.99. The first-order chi connectivity index (χ1) is 3.27. The Bertz CT molecular complexity index is 37.1. The van der Waals surface area contributed by atoms with E-state index in [4.69, 9.17) is 0 Å². The van der Waals surface area contributed by atoms with Gasteiger partial charge in [-0.25, -0.2) is 0 Å². The van der Waals surface area contributed by atoms with E-state index in [1.165, 1.54) is 18.2 Å². The van der Waals surface area contributed by atoms with E-state index in [-0.39, 0.29) is 0 Å². The topological polar surface area (TPSA) is 3.24 Å². The molecule has 0 bridgehead atoms. The quantitative estimate of drug-likeness (QED) is 0.515. The minimum atomic E-state index is 1.07. The average Bonchev–Trinajstić information content (AvgIpc) is 1.61. The summed E-state index contributed by atoms with van der Waals surface area (Å²) in [5.74, 6) is 0. The van der Waals surface area contributed by atoms with Crippen LogP contribution in [0.4, 0.5) is 0 Å². The number of rotatable bonds is 3. The average molecular weight is 162 g/mol. The molecule has 7 heavy (non-hydrogen) atoms. The van der Waals surface area contributed by atoms with Crippen molar-refractivity contribution in [3.05, 3.63) is 0 Å². The van der Waals surface area contributed by atoms with Crippen molar-refractivity contribution in [3.63, 3.8) is 0 Å². The third kappa shape index (κ3) is 6.50. The molecule has 0 aromatic carbocycles. The van der Waals surface area contributed by atoms with Crippen LogP contribution in [0, 0.1) is 0 Å². The van der Waals surface area contributed by atoms with E-state index in [2.05, 4.69) is 19.0 Å². The van der Waals surface area contributed by atoms with Crippen LogP contribution >= 0.6 is 0 Å². The molecule has 0 aliphatic rings. The fraction of sp³-hybridized carbons (Fsp3) is 1.00. The molecule has 0 aliphatic heterocycles. The van der Waals surface area contributed by atoms with Crippen LogP contribution in [0.5, 0.6) is 0 Å². The Labute approximate surface area is 54.3 Å². The number of hydrogen-bond donors (Lipinski definition) is 0. The van der Waals surface area contributed by atoms with Crippen molar-refractivity contribution in [2.45, 2.75) is 11.7 Å². The van der Waals surface area contributed by atoms with Crippen LogP contribution in [0.25, 0.3) is 0 Å². The summed E-state index contributed by atoms with van der Waals surface area (Å²) in [6.07, 6.45) is 1.41. The van der Waals surface area contributed by atoms with Crippen molar-refractivity contribution in [1.29, 1.82) is 0 Å². The molecule has 0 radical (unpaired) electrons. The van der Waals surface area contributed by atoms with E-state index >= 15 is 0 Å². The van der Waals surface area contributed by atoms with Crippen molar-refractivity contribution in [2.75, 3.05) is 20.6 Å². The van der Waals surface area contributed by atoms with Gasteiger partial charge in [-0.1, -0.05) is 0 Å². The first kappa shape index (κ1) is 7.50. The van der Waals surface area contributed by atoms with Crippen LogP contribution in [0.2, 0.25) is 5.25 Å². The van der Waals surface area contributed by atoms with Crippen LogP contribution < -0.4 is 0 Å². The van der Waals surface area contributed by atoms with Crippen molar-refractivity contribution < 1.29 is 0 Å². The maximum absolute atomic E-state index is 2.24. The third-order valence-electron chi connectivity index (χ3n) is 0.959. The fourth-order valence-corrected chi connectivity index (χ4v) is 1.14. The summed E-state index contributed by atoms with van der Waals surface area (Å²) in [5, 5.41) is 1.49. The molecule has 0 heterocycles. The zero-order chi connectivity index (χ0) is 5.70. The molecular weight excluding hydrogens is 147 g/mol. The third-order valence-corrected chi connectivity index (χ3v) is 2.44. The minimum absolute atomic E-state index is 1.07. The van der Waals surface area contributed by atoms with Gasteiger partial charge in [0.05, 0.1) is 0 Å². The summed E-state index contributed by atoms with van der Waals surface area (Å²) >= 11 is 1.07. The van der Waals surface area contributed by atoms with Crippen molar-refractivity contribution in [3.8, 4) is 0 Å². The number of nitrogens with zero attached hydrogens (tertiary/aromatic N) is 1. The van der Waals surface area contributed by atoms with Gasteiger partial charge in [0.15, 0.2) is 0 Å². The summed E-state index contributed by atoms with van der Waals surface area (Å²) in [5.41, 5.74) is 0. The predicted octanol–water partition coefficient (Wildman–Crippen LogP) is -0.278. The second kappa shape index (κ2) is 4.66. The summed E-state index contributed by atoms with van der Waals surface area (Å²) in [6, 6.07) is 0. The van der Waals surface area contributed by atoms with Gasteiger partial charge in [0.25, 0.3) is 0 Å². The molecule has 0 unspecified atom stereocenters. The van der Waals surface area contributed by atoms with E-state index in [1.54, 1.807) is 0 Å². The van der Waals surface area contributed by atoms with Crippen molar-refractivity contribution in [1.82, 2.24) is 4.90 Å². The molecule has 0 aromatic rings. The van der Waals surface area contributed by atoms with Gasteiger partial charge in [-0.2, -0.15) is 0 Å². The van der Waals surface area contributed by atoms with Crippen molar-refractivity contribution >= 4 is 16.5 Å². The van der Waals surface area contributed by atoms with Gasteiger partial charge in [-0.15, -0.1) is 0 Å². The van der Waals surface area contributed by atoms with Crippen LogP contribution in [-0.4, -0.2) is 42.1 Å². The molecule has 0 amide bonds. The first-order valence-corrected chi connectivity index (χ1v) is 5.88. The van der Waals surface area contributed by atoms with Crippen LogP contribution in [-0.2, 0) is 0 Å².